The highest BCUT2D eigenvalue weighted by Crippen LogP contribution is 2.24. The number of hydrogen-bond acceptors (Lipinski definition) is 3. The minimum atomic E-state index is -4.16. The number of rotatable bonds is 6. The van der Waals surface area contributed by atoms with E-state index >= 15 is 0 Å². The summed E-state index contributed by atoms with van der Waals surface area (Å²) in [5.74, 6) is -2.97. The van der Waals surface area contributed by atoms with E-state index in [9.17, 15) is 22.0 Å². The summed E-state index contributed by atoms with van der Waals surface area (Å²) in [7, 11) is -3.04. The Kier molecular flexibility index (Phi) is 5.42. The lowest BCUT2D eigenvalue weighted by Gasteiger charge is -2.17. The van der Waals surface area contributed by atoms with Gasteiger partial charge in [-0.3, -0.25) is 9.52 Å². The van der Waals surface area contributed by atoms with Gasteiger partial charge >= 0.3 is 16.2 Å². The summed E-state index contributed by atoms with van der Waals surface area (Å²) in [6.07, 6.45) is -0.408. The third-order valence-electron chi connectivity index (χ3n) is 2.30. The molecule has 0 atom stereocenters. The summed E-state index contributed by atoms with van der Waals surface area (Å²) in [5, 5.41) is 8.47. The maximum atomic E-state index is 13.5. The summed E-state index contributed by atoms with van der Waals surface area (Å²) in [6, 6.07) is 1.46. The SMILES string of the molecule is CN(CCC(=O)O)S(=O)(=O)Nc1cc(F)c(Br)cc1F. The van der Waals surface area contributed by atoms with Crippen LogP contribution in [0.5, 0.6) is 0 Å². The highest BCUT2D eigenvalue weighted by Gasteiger charge is 2.20. The summed E-state index contributed by atoms with van der Waals surface area (Å²) in [5.41, 5.74) is -0.562. The van der Waals surface area contributed by atoms with Crippen LogP contribution >= 0.6 is 15.9 Å². The van der Waals surface area contributed by atoms with E-state index in [1.165, 1.54) is 0 Å². The third kappa shape index (κ3) is 4.39. The van der Waals surface area contributed by atoms with E-state index in [2.05, 4.69) is 15.9 Å². The molecule has 0 aliphatic heterocycles. The molecule has 0 saturated heterocycles. The predicted molar refractivity (Wildman–Crippen MR) is 71.5 cm³/mol. The van der Waals surface area contributed by atoms with Gasteiger partial charge in [0.05, 0.1) is 16.6 Å². The smallest absolute Gasteiger partial charge is 0.304 e. The van der Waals surface area contributed by atoms with Gasteiger partial charge in [0.15, 0.2) is 0 Å². The first kappa shape index (κ1) is 16.8. The van der Waals surface area contributed by atoms with Gasteiger partial charge in [-0.15, -0.1) is 0 Å². The van der Waals surface area contributed by atoms with Crippen LogP contribution in [0.25, 0.3) is 0 Å². The fraction of sp³-hybridized carbons (Fsp3) is 0.300. The van der Waals surface area contributed by atoms with Crippen molar-refractivity contribution in [3.8, 4) is 0 Å². The van der Waals surface area contributed by atoms with E-state index in [0.29, 0.717) is 10.4 Å². The van der Waals surface area contributed by atoms with Crippen LogP contribution < -0.4 is 4.72 Å². The van der Waals surface area contributed by atoms with Crippen molar-refractivity contribution in [1.29, 1.82) is 0 Å². The van der Waals surface area contributed by atoms with Crippen LogP contribution in [-0.2, 0) is 15.0 Å². The molecule has 0 unspecified atom stereocenters. The Morgan fingerprint density at radius 1 is 1.40 bits per heavy atom. The molecule has 0 aliphatic carbocycles. The van der Waals surface area contributed by atoms with E-state index in [1.54, 1.807) is 0 Å². The third-order valence-corrected chi connectivity index (χ3v) is 4.39. The highest BCUT2D eigenvalue weighted by molar-refractivity contribution is 9.10. The van der Waals surface area contributed by atoms with Crippen molar-refractivity contribution < 1.29 is 27.1 Å². The van der Waals surface area contributed by atoms with Crippen LogP contribution in [0.15, 0.2) is 16.6 Å². The lowest BCUT2D eigenvalue weighted by Crippen LogP contribution is -2.34. The lowest BCUT2D eigenvalue weighted by molar-refractivity contribution is -0.137. The molecule has 0 heterocycles. The van der Waals surface area contributed by atoms with Crippen LogP contribution in [0.4, 0.5) is 14.5 Å². The van der Waals surface area contributed by atoms with E-state index < -0.39 is 39.9 Å². The number of aliphatic carboxylic acids is 1. The van der Waals surface area contributed by atoms with Crippen molar-refractivity contribution in [1.82, 2.24) is 4.31 Å². The Morgan fingerprint density at radius 2 is 2.00 bits per heavy atom. The van der Waals surface area contributed by atoms with E-state index in [1.807, 2.05) is 4.72 Å². The first-order valence-corrected chi connectivity index (χ1v) is 7.47. The first-order chi connectivity index (χ1) is 9.13. The van der Waals surface area contributed by atoms with Crippen LogP contribution in [0.2, 0.25) is 0 Å². The molecular weight excluding hydrogens is 362 g/mol. The number of halogens is 3. The summed E-state index contributed by atoms with van der Waals surface area (Å²) >= 11 is 2.76. The minimum absolute atomic E-state index is 0.142. The quantitative estimate of drug-likeness (QED) is 0.745. The zero-order valence-electron chi connectivity index (χ0n) is 10.2. The molecule has 2 N–H and O–H groups in total. The second-order valence-electron chi connectivity index (χ2n) is 3.82. The minimum Gasteiger partial charge on any atom is -0.481 e. The molecule has 0 bridgehead atoms. The van der Waals surface area contributed by atoms with Gasteiger partial charge < -0.3 is 5.11 Å². The fourth-order valence-corrected chi connectivity index (χ4v) is 2.43. The number of benzene rings is 1. The molecule has 1 aromatic carbocycles. The molecule has 1 rings (SSSR count). The van der Waals surface area contributed by atoms with E-state index in [0.717, 1.165) is 13.1 Å². The monoisotopic (exact) mass is 372 g/mol. The molecule has 112 valence electrons. The second kappa shape index (κ2) is 6.46. The van der Waals surface area contributed by atoms with Crippen LogP contribution in [-0.4, -0.2) is 37.4 Å². The lowest BCUT2D eigenvalue weighted by atomic mass is 10.3. The standard InChI is InChI=1S/C10H11BrF2N2O4S/c1-15(3-2-10(16)17)20(18,19)14-9-5-7(12)6(11)4-8(9)13/h4-5,14H,2-3H2,1H3,(H,16,17). The van der Waals surface area contributed by atoms with Crippen molar-refractivity contribution >= 4 is 37.8 Å². The van der Waals surface area contributed by atoms with Crippen molar-refractivity contribution in [2.75, 3.05) is 18.3 Å². The number of nitrogens with one attached hydrogen (secondary N) is 1. The second-order valence-corrected chi connectivity index (χ2v) is 6.45. The largest absolute Gasteiger partial charge is 0.481 e. The molecule has 0 fully saturated rings. The molecule has 20 heavy (non-hydrogen) atoms. The van der Waals surface area contributed by atoms with Crippen molar-refractivity contribution in [3.05, 3.63) is 28.2 Å². The average molecular weight is 373 g/mol. The van der Waals surface area contributed by atoms with Crippen LogP contribution in [0.3, 0.4) is 0 Å². The van der Waals surface area contributed by atoms with Gasteiger partial charge in [0.1, 0.15) is 11.6 Å². The first-order valence-electron chi connectivity index (χ1n) is 5.24. The van der Waals surface area contributed by atoms with Crippen LogP contribution in [0, 0.1) is 11.6 Å². The number of carbonyl (C=O) groups is 1. The predicted octanol–water partition coefficient (Wildman–Crippen LogP) is 1.79. The van der Waals surface area contributed by atoms with Gasteiger partial charge in [-0.1, -0.05) is 0 Å². The molecule has 0 aliphatic rings. The normalized spacial score (nSPS) is 11.7. The van der Waals surface area contributed by atoms with Crippen molar-refractivity contribution in [3.63, 3.8) is 0 Å². The molecule has 6 nitrogen and oxygen atoms in total. The van der Waals surface area contributed by atoms with Crippen molar-refractivity contribution in [2.45, 2.75) is 6.42 Å². The maximum Gasteiger partial charge on any atom is 0.304 e. The number of carboxylic acids is 1. The molecule has 0 aromatic heterocycles. The Bertz CT molecular complexity index is 624. The van der Waals surface area contributed by atoms with Gasteiger partial charge in [-0.25, -0.2) is 8.78 Å². The molecule has 0 spiro atoms. The molecule has 0 radical (unpaired) electrons. The Morgan fingerprint density at radius 3 is 2.55 bits per heavy atom. The summed E-state index contributed by atoms with van der Waals surface area (Å²) in [6.45, 7) is -0.300. The maximum absolute atomic E-state index is 13.5. The highest BCUT2D eigenvalue weighted by atomic mass is 79.9. The molecule has 10 heteroatoms. The summed E-state index contributed by atoms with van der Waals surface area (Å²) in [4.78, 5) is 10.4. The Balaban J connectivity index is 2.91. The number of hydrogen-bond donors (Lipinski definition) is 2. The summed E-state index contributed by atoms with van der Waals surface area (Å²) < 4.78 is 52.7. The fourth-order valence-electron chi connectivity index (χ4n) is 1.19. The Hall–Kier alpha value is -1.26. The van der Waals surface area contributed by atoms with Crippen molar-refractivity contribution in [2.24, 2.45) is 0 Å². The molecular formula is C10H11BrF2N2O4S. The zero-order valence-corrected chi connectivity index (χ0v) is 12.6. The van der Waals surface area contributed by atoms with Gasteiger partial charge in [-0.2, -0.15) is 12.7 Å². The van der Waals surface area contributed by atoms with Gasteiger partial charge in [0, 0.05) is 19.7 Å². The number of carboxylic acid groups (broad SMARTS) is 1. The van der Waals surface area contributed by atoms with Gasteiger partial charge in [0.2, 0.25) is 0 Å². The molecule has 1 aromatic rings. The van der Waals surface area contributed by atoms with Gasteiger partial charge in [0.25, 0.3) is 0 Å². The van der Waals surface area contributed by atoms with E-state index in [4.69, 9.17) is 5.11 Å². The number of nitrogens with zero attached hydrogens (tertiary/aromatic N) is 1. The van der Waals surface area contributed by atoms with E-state index in [-0.39, 0.29) is 11.0 Å². The van der Waals surface area contributed by atoms with Gasteiger partial charge in [-0.05, 0) is 22.0 Å². The zero-order chi connectivity index (χ0) is 15.5. The topological polar surface area (TPSA) is 86.7 Å². The molecule has 0 saturated carbocycles. The number of anilines is 1. The Labute approximate surface area is 122 Å². The average Bonchev–Trinajstić information content (AvgIpc) is 2.32. The van der Waals surface area contributed by atoms with Crippen LogP contribution in [0.1, 0.15) is 6.42 Å². The molecule has 0 amide bonds.